The van der Waals surface area contributed by atoms with Crippen molar-refractivity contribution in [3.05, 3.63) is 0 Å². The Balaban J connectivity index is 0. The molecule has 0 aromatic heterocycles. The SMILES string of the molecule is C.CCCCCCCCCCI. The number of alkyl halides is 1. The van der Waals surface area contributed by atoms with Crippen molar-refractivity contribution in [3.8, 4) is 0 Å². The smallest absolute Gasteiger partial charge is 0.000473 e. The van der Waals surface area contributed by atoms with E-state index in [1.165, 1.54) is 55.8 Å². The van der Waals surface area contributed by atoms with Gasteiger partial charge >= 0.3 is 0 Å². The summed E-state index contributed by atoms with van der Waals surface area (Å²) in [6, 6.07) is 0. The van der Waals surface area contributed by atoms with Crippen molar-refractivity contribution in [2.24, 2.45) is 0 Å². The molecule has 0 radical (unpaired) electrons. The Labute approximate surface area is 92.7 Å². The van der Waals surface area contributed by atoms with Crippen LogP contribution < -0.4 is 0 Å². The second-order valence-corrected chi connectivity index (χ2v) is 4.24. The second-order valence-electron chi connectivity index (χ2n) is 3.16. The van der Waals surface area contributed by atoms with Crippen molar-refractivity contribution < 1.29 is 0 Å². The van der Waals surface area contributed by atoms with Crippen molar-refractivity contribution in [1.29, 1.82) is 0 Å². The van der Waals surface area contributed by atoms with Gasteiger partial charge < -0.3 is 0 Å². The Morgan fingerprint density at radius 1 is 0.750 bits per heavy atom. The first-order valence-electron chi connectivity index (χ1n) is 4.97. The predicted molar refractivity (Wildman–Crippen MR) is 68.2 cm³/mol. The van der Waals surface area contributed by atoms with Crippen LogP contribution in [0.25, 0.3) is 0 Å². The molecule has 1 heteroatoms. The van der Waals surface area contributed by atoms with Crippen LogP contribution in [-0.2, 0) is 0 Å². The third kappa shape index (κ3) is 13.3. The lowest BCUT2D eigenvalue weighted by molar-refractivity contribution is 0.587. The minimum absolute atomic E-state index is 0. The minimum Gasteiger partial charge on any atom is -0.0864 e. The molecule has 0 heterocycles. The Hall–Kier alpha value is 0.730. The lowest BCUT2D eigenvalue weighted by Gasteiger charge is -1.98. The normalized spacial score (nSPS) is 9.50. The number of halogens is 1. The molecule has 0 aliphatic carbocycles. The molecule has 0 N–H and O–H groups in total. The van der Waals surface area contributed by atoms with Crippen LogP contribution in [0.1, 0.15) is 65.7 Å². The van der Waals surface area contributed by atoms with Crippen LogP contribution in [0, 0.1) is 0 Å². The van der Waals surface area contributed by atoms with Crippen LogP contribution in [0.3, 0.4) is 0 Å². The molecule has 0 aliphatic heterocycles. The van der Waals surface area contributed by atoms with E-state index < -0.39 is 0 Å². The summed E-state index contributed by atoms with van der Waals surface area (Å²) in [6.07, 6.45) is 11.5. The summed E-state index contributed by atoms with van der Waals surface area (Å²) in [6.45, 7) is 2.27. The van der Waals surface area contributed by atoms with Gasteiger partial charge in [0.25, 0.3) is 0 Å². The molecular weight excluding hydrogens is 259 g/mol. The molecular formula is C11H25I. The number of unbranched alkanes of at least 4 members (excludes halogenated alkanes) is 7. The summed E-state index contributed by atoms with van der Waals surface area (Å²) in [4.78, 5) is 0. The van der Waals surface area contributed by atoms with Crippen molar-refractivity contribution in [1.82, 2.24) is 0 Å². The molecule has 0 fully saturated rings. The van der Waals surface area contributed by atoms with Gasteiger partial charge in [-0.15, -0.1) is 0 Å². The lowest BCUT2D eigenvalue weighted by atomic mass is 10.1. The first-order valence-corrected chi connectivity index (χ1v) is 6.50. The molecule has 0 aliphatic rings. The molecule has 0 spiro atoms. The first kappa shape index (κ1) is 15.2. The van der Waals surface area contributed by atoms with Gasteiger partial charge in [0, 0.05) is 0 Å². The van der Waals surface area contributed by atoms with E-state index in [-0.39, 0.29) is 7.43 Å². The molecule has 0 aromatic carbocycles. The zero-order chi connectivity index (χ0) is 8.36. The van der Waals surface area contributed by atoms with Crippen LogP contribution >= 0.6 is 22.6 Å². The van der Waals surface area contributed by atoms with Gasteiger partial charge in [-0.1, -0.05) is 81.9 Å². The molecule has 0 rings (SSSR count). The fraction of sp³-hybridized carbons (Fsp3) is 1.00. The highest BCUT2D eigenvalue weighted by molar-refractivity contribution is 14.1. The third-order valence-corrected chi connectivity index (χ3v) is 2.75. The predicted octanol–water partition coefficient (Wildman–Crippen LogP) is 5.20. The number of hydrogen-bond donors (Lipinski definition) is 0. The van der Waals surface area contributed by atoms with Crippen LogP contribution in [-0.4, -0.2) is 4.43 Å². The summed E-state index contributed by atoms with van der Waals surface area (Å²) >= 11 is 2.46. The van der Waals surface area contributed by atoms with Gasteiger partial charge in [0.05, 0.1) is 0 Å². The maximum atomic E-state index is 2.46. The number of rotatable bonds is 8. The standard InChI is InChI=1S/C10H21I.CH4/c1-2-3-4-5-6-7-8-9-10-11;/h2-10H2,1H3;1H4. The van der Waals surface area contributed by atoms with Crippen molar-refractivity contribution >= 4 is 22.6 Å². The van der Waals surface area contributed by atoms with Crippen molar-refractivity contribution in [2.75, 3.05) is 4.43 Å². The molecule has 12 heavy (non-hydrogen) atoms. The van der Waals surface area contributed by atoms with Gasteiger partial charge in [0.1, 0.15) is 0 Å². The average Bonchev–Trinajstić information content (AvgIpc) is 2.03. The van der Waals surface area contributed by atoms with Gasteiger partial charge in [0.15, 0.2) is 0 Å². The zero-order valence-corrected chi connectivity index (χ0v) is 9.90. The maximum absolute atomic E-state index is 2.46. The summed E-state index contributed by atoms with van der Waals surface area (Å²) in [5, 5.41) is 0. The Morgan fingerprint density at radius 2 is 1.17 bits per heavy atom. The van der Waals surface area contributed by atoms with Gasteiger partial charge in [-0.2, -0.15) is 0 Å². The molecule has 0 saturated carbocycles. The molecule has 0 saturated heterocycles. The highest BCUT2D eigenvalue weighted by Gasteiger charge is 1.89. The first-order chi connectivity index (χ1) is 5.41. The van der Waals surface area contributed by atoms with Crippen LogP contribution in [0.15, 0.2) is 0 Å². The monoisotopic (exact) mass is 284 g/mol. The summed E-state index contributed by atoms with van der Waals surface area (Å²) in [7, 11) is 0. The van der Waals surface area contributed by atoms with E-state index in [2.05, 4.69) is 29.5 Å². The fourth-order valence-electron chi connectivity index (χ4n) is 1.23. The van der Waals surface area contributed by atoms with E-state index in [1.807, 2.05) is 0 Å². The van der Waals surface area contributed by atoms with Crippen molar-refractivity contribution in [3.63, 3.8) is 0 Å². The highest BCUT2D eigenvalue weighted by atomic mass is 127. The Kier molecular flexibility index (Phi) is 18.1. The van der Waals surface area contributed by atoms with Crippen LogP contribution in [0.5, 0.6) is 0 Å². The van der Waals surface area contributed by atoms with E-state index >= 15 is 0 Å². The quantitative estimate of drug-likeness (QED) is 0.326. The second kappa shape index (κ2) is 14.3. The van der Waals surface area contributed by atoms with Crippen molar-refractivity contribution in [2.45, 2.75) is 65.7 Å². The third-order valence-electron chi connectivity index (χ3n) is 1.99. The zero-order valence-electron chi connectivity index (χ0n) is 7.74. The molecule has 0 aromatic rings. The molecule has 0 amide bonds. The molecule has 0 bridgehead atoms. The Bertz CT molecular complexity index is 54.0. The Morgan fingerprint density at radius 3 is 1.58 bits per heavy atom. The van der Waals surface area contributed by atoms with E-state index in [4.69, 9.17) is 0 Å². The van der Waals surface area contributed by atoms with E-state index in [9.17, 15) is 0 Å². The van der Waals surface area contributed by atoms with E-state index in [1.54, 1.807) is 0 Å². The van der Waals surface area contributed by atoms with Crippen LogP contribution in [0.4, 0.5) is 0 Å². The molecule has 0 unspecified atom stereocenters. The topological polar surface area (TPSA) is 0 Å². The van der Waals surface area contributed by atoms with Gasteiger partial charge in [0.2, 0.25) is 0 Å². The average molecular weight is 284 g/mol. The summed E-state index contributed by atoms with van der Waals surface area (Å²) in [5.41, 5.74) is 0. The maximum Gasteiger partial charge on any atom is -0.000473 e. The molecule has 0 nitrogen and oxygen atoms in total. The van der Waals surface area contributed by atoms with Crippen LogP contribution in [0.2, 0.25) is 0 Å². The summed E-state index contributed by atoms with van der Waals surface area (Å²) < 4.78 is 1.34. The summed E-state index contributed by atoms with van der Waals surface area (Å²) in [5.74, 6) is 0. The van der Waals surface area contributed by atoms with Gasteiger partial charge in [-0.05, 0) is 10.8 Å². The largest absolute Gasteiger partial charge is 0.0864 e. The molecule has 0 atom stereocenters. The minimum atomic E-state index is 0. The van der Waals surface area contributed by atoms with Gasteiger partial charge in [-0.3, -0.25) is 0 Å². The highest BCUT2D eigenvalue weighted by Crippen LogP contribution is 2.08. The van der Waals surface area contributed by atoms with E-state index in [0.717, 1.165) is 0 Å². The fourth-order valence-corrected chi connectivity index (χ4v) is 1.77. The van der Waals surface area contributed by atoms with E-state index in [0.29, 0.717) is 0 Å². The van der Waals surface area contributed by atoms with Gasteiger partial charge in [-0.25, -0.2) is 0 Å². The number of hydrogen-bond acceptors (Lipinski definition) is 0. The lowest BCUT2D eigenvalue weighted by Crippen LogP contribution is -1.80. The molecule has 76 valence electrons.